The van der Waals surface area contributed by atoms with Gasteiger partial charge >= 0.3 is 0 Å². The van der Waals surface area contributed by atoms with Gasteiger partial charge in [0.1, 0.15) is 0 Å². The maximum absolute atomic E-state index is 3.81. The van der Waals surface area contributed by atoms with Crippen LogP contribution in [0.3, 0.4) is 0 Å². The summed E-state index contributed by atoms with van der Waals surface area (Å²) in [5.74, 6) is 0. The third-order valence-corrected chi connectivity index (χ3v) is 9.85. The number of rotatable bonds is 11. The number of nitrogens with one attached hydrogen (secondary N) is 3. The molecule has 236 valence electrons. The highest BCUT2D eigenvalue weighted by Gasteiger charge is 2.22. The Morgan fingerprint density at radius 1 is 0.587 bits per heavy atom. The number of aryl methyl sites for hydroxylation is 2. The molecule has 1 heterocycles. The van der Waals surface area contributed by atoms with Gasteiger partial charge in [-0.25, -0.2) is 0 Å². The maximum atomic E-state index is 3.81. The zero-order valence-corrected chi connectivity index (χ0v) is 28.8. The highest BCUT2D eigenvalue weighted by molar-refractivity contribution is 7.99. The van der Waals surface area contributed by atoms with Crippen LogP contribution in [0.5, 0.6) is 0 Å². The van der Waals surface area contributed by atoms with Gasteiger partial charge in [0.25, 0.3) is 0 Å². The maximum Gasteiger partial charge on any atom is 0.0607 e. The summed E-state index contributed by atoms with van der Waals surface area (Å²) in [5, 5.41) is 11.2. The molecule has 0 unspecified atom stereocenters. The van der Waals surface area contributed by atoms with Crippen molar-refractivity contribution in [1.29, 1.82) is 0 Å². The molecule has 5 aromatic rings. The first-order valence-corrected chi connectivity index (χ1v) is 17.7. The Labute approximate surface area is 280 Å². The molecule has 0 fully saturated rings. The van der Waals surface area contributed by atoms with Gasteiger partial charge < -0.3 is 16.0 Å². The molecule has 0 bridgehead atoms. The fourth-order valence-corrected chi connectivity index (χ4v) is 7.02. The lowest BCUT2D eigenvalue weighted by atomic mass is 9.86. The van der Waals surface area contributed by atoms with Crippen LogP contribution in [-0.4, -0.2) is 0 Å². The van der Waals surface area contributed by atoms with Crippen LogP contribution in [-0.2, 0) is 18.3 Å². The fraction of sp³-hybridized carbons (Fsp3) is 0.286. The van der Waals surface area contributed by atoms with Gasteiger partial charge in [0.2, 0.25) is 0 Å². The first kappa shape index (κ1) is 31.8. The molecule has 0 aromatic heterocycles. The van der Waals surface area contributed by atoms with E-state index in [0.717, 1.165) is 47.0 Å². The van der Waals surface area contributed by atoms with Gasteiger partial charge in [-0.1, -0.05) is 108 Å². The molecular weight excluding hydrogens is 579 g/mol. The number of hydrogen-bond acceptors (Lipinski definition) is 4. The number of unbranched alkanes of at least 4 members (excludes halogenated alkanes) is 2. The average molecular weight is 626 g/mol. The summed E-state index contributed by atoms with van der Waals surface area (Å²) in [6, 6.07) is 38.1. The van der Waals surface area contributed by atoms with E-state index in [4.69, 9.17) is 0 Å². The lowest BCUT2D eigenvalue weighted by molar-refractivity contribution is 0.590. The van der Waals surface area contributed by atoms with Gasteiger partial charge in [-0.3, -0.25) is 0 Å². The summed E-state index contributed by atoms with van der Waals surface area (Å²) in [5.41, 5.74) is 13.3. The molecule has 0 atom stereocenters. The molecule has 3 N–H and O–H groups in total. The molecule has 6 rings (SSSR count). The Kier molecular flexibility index (Phi) is 9.75. The third kappa shape index (κ3) is 7.62. The minimum atomic E-state index is 0.112. The summed E-state index contributed by atoms with van der Waals surface area (Å²) < 4.78 is 0. The number of fused-ring (bicyclic) bond motifs is 2. The second kappa shape index (κ2) is 14.1. The Morgan fingerprint density at radius 3 is 1.70 bits per heavy atom. The van der Waals surface area contributed by atoms with Crippen LogP contribution in [0.1, 0.15) is 77.0 Å². The lowest BCUT2D eigenvalue weighted by Gasteiger charge is -2.26. The van der Waals surface area contributed by atoms with Crippen molar-refractivity contribution in [1.82, 2.24) is 0 Å². The molecule has 3 nitrogen and oxygen atoms in total. The molecule has 0 spiro atoms. The zero-order valence-electron chi connectivity index (χ0n) is 28.0. The second-order valence-electron chi connectivity index (χ2n) is 13.5. The van der Waals surface area contributed by atoms with Gasteiger partial charge in [0.05, 0.1) is 11.4 Å². The molecule has 46 heavy (non-hydrogen) atoms. The van der Waals surface area contributed by atoms with Crippen molar-refractivity contribution in [3.05, 3.63) is 120 Å². The van der Waals surface area contributed by atoms with Crippen LogP contribution >= 0.6 is 11.8 Å². The molecule has 4 heteroatoms. The van der Waals surface area contributed by atoms with Crippen molar-refractivity contribution in [3.63, 3.8) is 0 Å². The quantitative estimate of drug-likeness (QED) is 0.134. The summed E-state index contributed by atoms with van der Waals surface area (Å²) in [4.78, 5) is 2.42. The Bertz CT molecular complexity index is 1770. The Balaban J connectivity index is 1.30. The summed E-state index contributed by atoms with van der Waals surface area (Å²) in [6.07, 6.45) is 7.17. The van der Waals surface area contributed by atoms with E-state index >= 15 is 0 Å². The first-order chi connectivity index (χ1) is 22.3. The predicted octanol–water partition coefficient (Wildman–Crippen LogP) is 13.0. The highest BCUT2D eigenvalue weighted by Crippen LogP contribution is 2.50. The first-order valence-electron chi connectivity index (χ1n) is 16.9. The van der Waals surface area contributed by atoms with Crippen molar-refractivity contribution < 1.29 is 0 Å². The SMILES string of the molecule is CCCCc1ccc(Nc2ccc3c(c2)Sc2cc(Nc4ccc(CCCC)cc4)cc(-c4ccc(C(C)(C)C)cc4)c2N3)cc1. The Hall–Kier alpha value is -4.15. The van der Waals surface area contributed by atoms with E-state index in [9.17, 15) is 0 Å². The molecule has 0 aliphatic carbocycles. The van der Waals surface area contributed by atoms with Crippen molar-refractivity contribution in [2.24, 2.45) is 0 Å². The van der Waals surface area contributed by atoms with Crippen molar-refractivity contribution in [2.75, 3.05) is 16.0 Å². The molecule has 0 amide bonds. The predicted molar refractivity (Wildman–Crippen MR) is 201 cm³/mol. The van der Waals surface area contributed by atoms with E-state index in [1.807, 2.05) is 11.8 Å². The molecule has 1 aliphatic heterocycles. The van der Waals surface area contributed by atoms with E-state index in [2.05, 4.69) is 154 Å². The monoisotopic (exact) mass is 625 g/mol. The minimum absolute atomic E-state index is 0.112. The van der Waals surface area contributed by atoms with Crippen LogP contribution in [0, 0.1) is 0 Å². The number of benzene rings is 5. The number of hydrogen-bond donors (Lipinski definition) is 3. The van der Waals surface area contributed by atoms with Gasteiger partial charge in [0, 0.05) is 38.1 Å². The summed E-state index contributed by atoms with van der Waals surface area (Å²) in [7, 11) is 0. The highest BCUT2D eigenvalue weighted by atomic mass is 32.2. The minimum Gasteiger partial charge on any atom is -0.355 e. The molecular formula is C42H47N3S. The van der Waals surface area contributed by atoms with Gasteiger partial charge in [-0.05, 0) is 108 Å². The molecule has 1 aliphatic rings. The average Bonchev–Trinajstić information content (AvgIpc) is 3.06. The van der Waals surface area contributed by atoms with Gasteiger partial charge in [-0.15, -0.1) is 0 Å². The zero-order chi connectivity index (χ0) is 32.1. The summed E-state index contributed by atoms with van der Waals surface area (Å²) >= 11 is 1.83. The molecule has 0 radical (unpaired) electrons. The van der Waals surface area contributed by atoms with Crippen LogP contribution in [0.15, 0.2) is 113 Å². The van der Waals surface area contributed by atoms with E-state index in [1.165, 1.54) is 63.3 Å². The van der Waals surface area contributed by atoms with E-state index in [0.29, 0.717) is 0 Å². The number of anilines is 6. The van der Waals surface area contributed by atoms with Crippen molar-refractivity contribution >= 4 is 45.9 Å². The van der Waals surface area contributed by atoms with Gasteiger partial charge in [-0.2, -0.15) is 0 Å². The second-order valence-corrected chi connectivity index (χ2v) is 14.6. The smallest absolute Gasteiger partial charge is 0.0607 e. The molecule has 5 aromatic carbocycles. The Morgan fingerprint density at radius 2 is 1.13 bits per heavy atom. The van der Waals surface area contributed by atoms with Crippen LogP contribution in [0.4, 0.5) is 34.1 Å². The standard InChI is InChI=1S/C42H47N3S/c1-6-8-10-29-12-20-33(21-13-29)43-35-24-25-38-39(27-35)46-40-28-36(44-34-22-14-30(15-23-34)11-9-7-2)26-37(41(40)45-38)31-16-18-32(19-17-31)42(3,4)5/h12-28,43-45H,6-11H2,1-5H3. The third-order valence-electron chi connectivity index (χ3n) is 8.75. The van der Waals surface area contributed by atoms with Crippen molar-refractivity contribution in [2.45, 2.75) is 88.3 Å². The molecule has 0 saturated carbocycles. The van der Waals surface area contributed by atoms with Crippen LogP contribution < -0.4 is 16.0 Å². The van der Waals surface area contributed by atoms with Gasteiger partial charge in [0.15, 0.2) is 0 Å². The van der Waals surface area contributed by atoms with E-state index < -0.39 is 0 Å². The topological polar surface area (TPSA) is 36.1 Å². The normalized spacial score (nSPS) is 12.2. The largest absolute Gasteiger partial charge is 0.355 e. The van der Waals surface area contributed by atoms with Crippen LogP contribution in [0.2, 0.25) is 0 Å². The molecule has 0 saturated heterocycles. The summed E-state index contributed by atoms with van der Waals surface area (Å²) in [6.45, 7) is 11.3. The van der Waals surface area contributed by atoms with E-state index in [1.54, 1.807) is 0 Å². The van der Waals surface area contributed by atoms with Crippen LogP contribution in [0.25, 0.3) is 11.1 Å². The lowest BCUT2D eigenvalue weighted by Crippen LogP contribution is -2.10. The van der Waals surface area contributed by atoms with Crippen molar-refractivity contribution in [3.8, 4) is 11.1 Å². The fourth-order valence-electron chi connectivity index (χ4n) is 5.92. The van der Waals surface area contributed by atoms with E-state index in [-0.39, 0.29) is 5.41 Å².